The topological polar surface area (TPSA) is 41.1 Å². The van der Waals surface area contributed by atoms with Crippen molar-refractivity contribution < 1.29 is 4.79 Å². The molecule has 1 amide bonds. The van der Waals surface area contributed by atoms with Gasteiger partial charge in [-0.1, -0.05) is 51.3 Å². The van der Waals surface area contributed by atoms with Crippen LogP contribution in [-0.2, 0) is 11.2 Å². The van der Waals surface area contributed by atoms with Gasteiger partial charge in [-0.05, 0) is 36.8 Å². The molecule has 2 rings (SSSR count). The minimum atomic E-state index is -0.0800. The molecule has 0 saturated carbocycles. The highest BCUT2D eigenvalue weighted by atomic mass is 16.2. The summed E-state index contributed by atoms with van der Waals surface area (Å²) in [7, 11) is 0. The van der Waals surface area contributed by atoms with Gasteiger partial charge in [-0.15, -0.1) is 0 Å². The summed E-state index contributed by atoms with van der Waals surface area (Å²) in [5.74, 6) is 0.768. The molecule has 0 spiro atoms. The molecule has 0 aliphatic carbocycles. The van der Waals surface area contributed by atoms with Crippen LogP contribution in [0.15, 0.2) is 24.3 Å². The third-order valence-electron chi connectivity index (χ3n) is 4.47. The van der Waals surface area contributed by atoms with Crippen LogP contribution in [0.4, 0.5) is 5.69 Å². The Bertz CT molecular complexity index is 458. The molecule has 2 atom stereocenters. The van der Waals surface area contributed by atoms with Crippen molar-refractivity contribution in [3.8, 4) is 0 Å². The van der Waals surface area contributed by atoms with E-state index in [-0.39, 0.29) is 11.9 Å². The van der Waals surface area contributed by atoms with Gasteiger partial charge < -0.3 is 10.6 Å². The Morgan fingerprint density at radius 3 is 2.95 bits per heavy atom. The third-order valence-corrected chi connectivity index (χ3v) is 4.47. The molecule has 0 aromatic heterocycles. The van der Waals surface area contributed by atoms with Gasteiger partial charge in [0.05, 0.1) is 0 Å². The van der Waals surface area contributed by atoms with Crippen molar-refractivity contribution in [1.82, 2.24) is 5.32 Å². The largest absolute Gasteiger partial charge is 0.373 e. The first-order chi connectivity index (χ1) is 10.2. The molecule has 21 heavy (non-hydrogen) atoms. The van der Waals surface area contributed by atoms with E-state index in [2.05, 4.69) is 42.7 Å². The van der Waals surface area contributed by atoms with Crippen LogP contribution in [0.5, 0.6) is 0 Å². The maximum absolute atomic E-state index is 12.3. The van der Waals surface area contributed by atoms with Crippen LogP contribution < -0.4 is 10.6 Å². The molecule has 2 N–H and O–H groups in total. The van der Waals surface area contributed by atoms with E-state index in [1.807, 2.05) is 6.07 Å². The van der Waals surface area contributed by atoms with Crippen molar-refractivity contribution in [1.29, 1.82) is 0 Å². The number of carbonyl (C=O) groups excluding carboxylic acids is 1. The fraction of sp³-hybridized carbons (Fsp3) is 0.611. The van der Waals surface area contributed by atoms with Gasteiger partial charge in [0.2, 0.25) is 5.91 Å². The van der Waals surface area contributed by atoms with Crippen LogP contribution >= 0.6 is 0 Å². The standard InChI is InChI=1S/C18H28N2O/c1-3-5-8-14(4-2)13-19-18(21)17-12-11-15-9-6-7-10-16(15)20-17/h6-7,9-10,14,17,20H,3-5,8,11-13H2,1-2H3,(H,19,21). The Labute approximate surface area is 128 Å². The van der Waals surface area contributed by atoms with E-state index in [1.54, 1.807) is 0 Å². The van der Waals surface area contributed by atoms with Gasteiger partial charge in [0, 0.05) is 12.2 Å². The van der Waals surface area contributed by atoms with Crippen LogP contribution in [0, 0.1) is 5.92 Å². The van der Waals surface area contributed by atoms with Crippen molar-refractivity contribution in [3.05, 3.63) is 29.8 Å². The number of aryl methyl sites for hydroxylation is 1. The minimum Gasteiger partial charge on any atom is -0.373 e. The van der Waals surface area contributed by atoms with Gasteiger partial charge >= 0.3 is 0 Å². The molecule has 0 fully saturated rings. The van der Waals surface area contributed by atoms with E-state index < -0.39 is 0 Å². The average Bonchev–Trinajstić information content (AvgIpc) is 2.54. The van der Waals surface area contributed by atoms with Gasteiger partial charge in [-0.2, -0.15) is 0 Å². The predicted octanol–water partition coefficient (Wildman–Crippen LogP) is 3.75. The molecule has 1 aliphatic heterocycles. The van der Waals surface area contributed by atoms with E-state index in [0.29, 0.717) is 5.92 Å². The zero-order valence-electron chi connectivity index (χ0n) is 13.3. The van der Waals surface area contributed by atoms with Crippen LogP contribution in [0.1, 0.15) is 51.5 Å². The first-order valence-corrected chi connectivity index (χ1v) is 8.36. The SMILES string of the molecule is CCCCC(CC)CNC(=O)C1CCc2ccccc2N1. The zero-order valence-corrected chi connectivity index (χ0v) is 13.3. The zero-order chi connectivity index (χ0) is 15.1. The summed E-state index contributed by atoms with van der Waals surface area (Å²) in [5.41, 5.74) is 2.43. The first-order valence-electron chi connectivity index (χ1n) is 8.36. The Kier molecular flexibility index (Phi) is 6.09. The third kappa shape index (κ3) is 4.48. The Morgan fingerprint density at radius 1 is 1.38 bits per heavy atom. The van der Waals surface area contributed by atoms with Crippen LogP contribution in [-0.4, -0.2) is 18.5 Å². The molecule has 0 radical (unpaired) electrons. The van der Waals surface area contributed by atoms with E-state index in [0.717, 1.165) is 31.5 Å². The van der Waals surface area contributed by atoms with Crippen molar-refractivity contribution in [3.63, 3.8) is 0 Å². The fourth-order valence-corrected chi connectivity index (χ4v) is 2.95. The number of benzene rings is 1. The number of hydrogen-bond donors (Lipinski definition) is 2. The summed E-state index contributed by atoms with van der Waals surface area (Å²) in [6.07, 6.45) is 6.70. The molecule has 116 valence electrons. The predicted molar refractivity (Wildman–Crippen MR) is 88.5 cm³/mol. The lowest BCUT2D eigenvalue weighted by atomic mass is 9.96. The van der Waals surface area contributed by atoms with Crippen molar-refractivity contribution >= 4 is 11.6 Å². The lowest BCUT2D eigenvalue weighted by Gasteiger charge is -2.27. The van der Waals surface area contributed by atoms with E-state index in [1.165, 1.54) is 24.8 Å². The quantitative estimate of drug-likeness (QED) is 0.802. The van der Waals surface area contributed by atoms with E-state index in [9.17, 15) is 4.79 Å². The van der Waals surface area contributed by atoms with Gasteiger partial charge in [0.15, 0.2) is 0 Å². The summed E-state index contributed by atoms with van der Waals surface area (Å²) in [4.78, 5) is 12.3. The van der Waals surface area contributed by atoms with Crippen LogP contribution in [0.3, 0.4) is 0 Å². The second-order valence-electron chi connectivity index (χ2n) is 6.05. The molecule has 0 bridgehead atoms. The van der Waals surface area contributed by atoms with Crippen LogP contribution in [0.25, 0.3) is 0 Å². The lowest BCUT2D eigenvalue weighted by molar-refractivity contribution is -0.122. The first kappa shape index (κ1) is 15.9. The maximum Gasteiger partial charge on any atom is 0.242 e. The summed E-state index contributed by atoms with van der Waals surface area (Å²) in [5, 5.41) is 6.51. The summed E-state index contributed by atoms with van der Waals surface area (Å²) in [6, 6.07) is 8.19. The van der Waals surface area contributed by atoms with Gasteiger partial charge in [0.1, 0.15) is 6.04 Å². The molecule has 3 heteroatoms. The monoisotopic (exact) mass is 288 g/mol. The van der Waals surface area contributed by atoms with Crippen molar-refractivity contribution in [2.24, 2.45) is 5.92 Å². The average molecular weight is 288 g/mol. The Balaban J connectivity index is 1.82. The number of para-hydroxylation sites is 1. The molecule has 1 aliphatic rings. The lowest BCUT2D eigenvalue weighted by Crippen LogP contribution is -2.43. The number of anilines is 1. The number of hydrogen-bond acceptors (Lipinski definition) is 2. The highest BCUT2D eigenvalue weighted by Gasteiger charge is 2.23. The normalized spacial score (nSPS) is 18.5. The molecule has 0 saturated heterocycles. The van der Waals surface area contributed by atoms with Gasteiger partial charge in [0.25, 0.3) is 0 Å². The van der Waals surface area contributed by atoms with Crippen molar-refractivity contribution in [2.75, 3.05) is 11.9 Å². The second-order valence-corrected chi connectivity index (χ2v) is 6.05. The molecule has 1 aromatic carbocycles. The number of amides is 1. The van der Waals surface area contributed by atoms with E-state index in [4.69, 9.17) is 0 Å². The summed E-state index contributed by atoms with van der Waals surface area (Å²) in [6.45, 7) is 5.24. The number of nitrogens with one attached hydrogen (secondary N) is 2. The fourth-order valence-electron chi connectivity index (χ4n) is 2.95. The number of unbranched alkanes of at least 4 members (excludes halogenated alkanes) is 1. The van der Waals surface area contributed by atoms with E-state index >= 15 is 0 Å². The molecule has 1 aromatic rings. The molecular formula is C18H28N2O. The number of rotatable bonds is 7. The summed E-state index contributed by atoms with van der Waals surface area (Å²) >= 11 is 0. The number of carbonyl (C=O) groups is 1. The van der Waals surface area contributed by atoms with Crippen molar-refractivity contribution in [2.45, 2.75) is 58.4 Å². The Hall–Kier alpha value is -1.51. The summed E-state index contributed by atoms with van der Waals surface area (Å²) < 4.78 is 0. The van der Waals surface area contributed by atoms with Gasteiger partial charge in [-0.25, -0.2) is 0 Å². The minimum absolute atomic E-state index is 0.0800. The Morgan fingerprint density at radius 2 is 2.19 bits per heavy atom. The maximum atomic E-state index is 12.3. The molecule has 1 heterocycles. The van der Waals surface area contributed by atoms with Crippen LogP contribution in [0.2, 0.25) is 0 Å². The highest BCUT2D eigenvalue weighted by Crippen LogP contribution is 2.24. The highest BCUT2D eigenvalue weighted by molar-refractivity contribution is 5.85. The molecular weight excluding hydrogens is 260 g/mol. The van der Waals surface area contributed by atoms with Gasteiger partial charge in [-0.3, -0.25) is 4.79 Å². The smallest absolute Gasteiger partial charge is 0.242 e. The second kappa shape index (κ2) is 8.06. The molecule has 3 nitrogen and oxygen atoms in total. The number of fused-ring (bicyclic) bond motifs is 1. The molecule has 2 unspecified atom stereocenters.